The van der Waals surface area contributed by atoms with Gasteiger partial charge in [0.1, 0.15) is 0 Å². The monoisotopic (exact) mass is 324 g/mol. The van der Waals surface area contributed by atoms with Crippen LogP contribution in [0.2, 0.25) is 0 Å². The van der Waals surface area contributed by atoms with Crippen LogP contribution in [0.4, 0.5) is 13.2 Å². The van der Waals surface area contributed by atoms with E-state index in [0.717, 1.165) is 17.0 Å². The van der Waals surface area contributed by atoms with Gasteiger partial charge in [0, 0.05) is 30.6 Å². The second-order valence-corrected chi connectivity index (χ2v) is 5.42. The van der Waals surface area contributed by atoms with E-state index in [1.807, 2.05) is 24.1 Å². The quantitative estimate of drug-likeness (QED) is 0.892. The second kappa shape index (κ2) is 5.62. The number of rotatable bonds is 4. The van der Waals surface area contributed by atoms with Gasteiger partial charge >= 0.3 is 0 Å². The Bertz CT molecular complexity index is 722. The van der Waals surface area contributed by atoms with Gasteiger partial charge in [0.2, 0.25) is 0 Å². The third kappa shape index (κ3) is 3.31. The van der Waals surface area contributed by atoms with E-state index in [-0.39, 0.29) is 0 Å². The highest BCUT2D eigenvalue weighted by atomic mass is 19.3. The lowest BCUT2D eigenvalue weighted by molar-refractivity contribution is -0.0252. The van der Waals surface area contributed by atoms with E-state index in [0.29, 0.717) is 12.5 Å². The number of hydrogen-bond donors (Lipinski definition) is 2. The number of pyridine rings is 1. The summed E-state index contributed by atoms with van der Waals surface area (Å²) >= 11 is 0. The second-order valence-electron chi connectivity index (χ2n) is 5.42. The van der Waals surface area contributed by atoms with Gasteiger partial charge in [-0.05, 0) is 30.7 Å². The number of alkyl halides is 2. The molecule has 1 aromatic rings. The Morgan fingerprint density at radius 3 is 2.83 bits per heavy atom. The summed E-state index contributed by atoms with van der Waals surface area (Å²) in [6, 6.07) is 1.22. The molecular weight excluding hydrogens is 309 g/mol. The predicted octanol–water partition coefficient (Wildman–Crippen LogP) is 2.72. The van der Waals surface area contributed by atoms with Crippen LogP contribution >= 0.6 is 0 Å². The molecule has 1 aromatic heterocycles. The topological polar surface area (TPSA) is 49.4 Å². The standard InChI is InChI=1S/C15H15F3N4O/c1-9-3-10(4-12-7-20-21-22(9)12)11-5-13(16)14(19-6-11)23-8-15(2,17)18/h3-7,20-21H,8H2,1-2H3. The van der Waals surface area contributed by atoms with Crippen molar-refractivity contribution in [3.05, 3.63) is 53.4 Å². The van der Waals surface area contributed by atoms with E-state index in [4.69, 9.17) is 4.74 Å². The Labute approximate surface area is 131 Å². The molecule has 5 nitrogen and oxygen atoms in total. The van der Waals surface area contributed by atoms with Gasteiger partial charge < -0.3 is 10.2 Å². The highest BCUT2D eigenvalue weighted by Crippen LogP contribution is 2.30. The first-order valence-electron chi connectivity index (χ1n) is 6.91. The number of halogens is 3. The summed E-state index contributed by atoms with van der Waals surface area (Å²) < 4.78 is 44.3. The van der Waals surface area contributed by atoms with Crippen molar-refractivity contribution >= 4 is 5.57 Å². The number of aromatic nitrogens is 1. The lowest BCUT2D eigenvalue weighted by Gasteiger charge is -2.24. The number of nitrogens with zero attached hydrogens (tertiary/aromatic N) is 2. The van der Waals surface area contributed by atoms with Crippen molar-refractivity contribution in [1.29, 1.82) is 0 Å². The van der Waals surface area contributed by atoms with Gasteiger partial charge in [-0.1, -0.05) is 0 Å². The zero-order valence-electron chi connectivity index (χ0n) is 12.5. The number of ether oxygens (including phenoxy) is 1. The largest absolute Gasteiger partial charge is 0.469 e. The van der Waals surface area contributed by atoms with Gasteiger partial charge in [-0.15, -0.1) is 5.53 Å². The molecule has 3 rings (SSSR count). The number of hydrogen-bond acceptors (Lipinski definition) is 5. The van der Waals surface area contributed by atoms with Crippen molar-refractivity contribution in [2.24, 2.45) is 0 Å². The van der Waals surface area contributed by atoms with Gasteiger partial charge in [0.25, 0.3) is 11.8 Å². The molecule has 23 heavy (non-hydrogen) atoms. The Morgan fingerprint density at radius 1 is 1.35 bits per heavy atom. The van der Waals surface area contributed by atoms with Crippen molar-refractivity contribution < 1.29 is 17.9 Å². The van der Waals surface area contributed by atoms with Gasteiger partial charge in [0.15, 0.2) is 12.4 Å². The molecule has 0 amide bonds. The fourth-order valence-corrected chi connectivity index (χ4v) is 2.24. The van der Waals surface area contributed by atoms with Crippen LogP contribution in [0.1, 0.15) is 19.4 Å². The maximum atomic E-state index is 14.0. The van der Waals surface area contributed by atoms with Crippen LogP contribution in [0.25, 0.3) is 5.57 Å². The molecular formula is C15H15F3N4O. The number of nitrogens with one attached hydrogen (secondary N) is 2. The third-order valence-corrected chi connectivity index (χ3v) is 3.28. The van der Waals surface area contributed by atoms with Crippen molar-refractivity contribution in [3.8, 4) is 5.88 Å². The molecule has 2 aliphatic rings. The van der Waals surface area contributed by atoms with Crippen LogP contribution in [-0.4, -0.2) is 22.5 Å². The van der Waals surface area contributed by atoms with Crippen LogP contribution in [0.15, 0.2) is 42.0 Å². The predicted molar refractivity (Wildman–Crippen MR) is 78.2 cm³/mol. The molecule has 0 unspecified atom stereocenters. The highest BCUT2D eigenvalue weighted by molar-refractivity contribution is 5.78. The molecule has 0 saturated carbocycles. The van der Waals surface area contributed by atoms with Crippen LogP contribution in [0.5, 0.6) is 5.88 Å². The maximum absolute atomic E-state index is 14.0. The average Bonchev–Trinajstić information content (AvgIpc) is 2.94. The summed E-state index contributed by atoms with van der Waals surface area (Å²) in [5.74, 6) is -4.26. The summed E-state index contributed by atoms with van der Waals surface area (Å²) in [5, 5.41) is 1.83. The minimum atomic E-state index is -3.04. The molecule has 0 aliphatic carbocycles. The highest BCUT2D eigenvalue weighted by Gasteiger charge is 2.24. The van der Waals surface area contributed by atoms with Crippen LogP contribution in [-0.2, 0) is 0 Å². The van der Waals surface area contributed by atoms with E-state index in [1.165, 1.54) is 12.3 Å². The Hall–Kier alpha value is -2.48. The van der Waals surface area contributed by atoms with Crippen molar-refractivity contribution in [2.75, 3.05) is 6.61 Å². The molecule has 122 valence electrons. The van der Waals surface area contributed by atoms with E-state index < -0.39 is 24.2 Å². The first kappa shape index (κ1) is 15.4. The number of allylic oxidation sites excluding steroid dienone is 4. The zero-order valence-corrected chi connectivity index (χ0v) is 12.5. The minimum absolute atomic E-state index is 0.433. The van der Waals surface area contributed by atoms with Crippen LogP contribution in [0, 0.1) is 5.82 Å². The zero-order chi connectivity index (χ0) is 16.6. The van der Waals surface area contributed by atoms with Gasteiger partial charge in [-0.25, -0.2) is 18.2 Å². The lowest BCUT2D eigenvalue weighted by atomic mass is 10.0. The molecule has 0 saturated heterocycles. The molecule has 2 aliphatic heterocycles. The molecule has 0 fully saturated rings. The summed E-state index contributed by atoms with van der Waals surface area (Å²) in [6.45, 7) is 1.67. The lowest BCUT2D eigenvalue weighted by Crippen LogP contribution is -2.36. The summed E-state index contributed by atoms with van der Waals surface area (Å²) in [4.78, 5) is 3.80. The fraction of sp³-hybridized carbons (Fsp3) is 0.267. The average molecular weight is 324 g/mol. The maximum Gasteiger partial charge on any atom is 0.278 e. The van der Waals surface area contributed by atoms with E-state index in [1.54, 1.807) is 6.20 Å². The van der Waals surface area contributed by atoms with Crippen LogP contribution < -0.4 is 15.7 Å². The third-order valence-electron chi connectivity index (χ3n) is 3.28. The Morgan fingerprint density at radius 2 is 2.13 bits per heavy atom. The smallest absolute Gasteiger partial charge is 0.278 e. The van der Waals surface area contributed by atoms with E-state index in [9.17, 15) is 13.2 Å². The van der Waals surface area contributed by atoms with Crippen molar-refractivity contribution in [3.63, 3.8) is 0 Å². The molecule has 0 bridgehead atoms. The first-order valence-corrected chi connectivity index (χ1v) is 6.91. The first-order chi connectivity index (χ1) is 10.8. The van der Waals surface area contributed by atoms with E-state index in [2.05, 4.69) is 15.9 Å². The summed E-state index contributed by atoms with van der Waals surface area (Å²) in [5.41, 5.74) is 8.86. The number of hydrazine groups is 2. The SMILES string of the molecule is CC1=CC(c2cnc(OCC(C)(F)F)c(F)c2)=CC2=CNNN12. The number of fused-ring (bicyclic) bond motifs is 1. The molecule has 8 heteroatoms. The molecule has 0 atom stereocenters. The van der Waals surface area contributed by atoms with Crippen LogP contribution in [0.3, 0.4) is 0 Å². The fourth-order valence-electron chi connectivity index (χ4n) is 2.24. The van der Waals surface area contributed by atoms with Gasteiger partial charge in [-0.3, -0.25) is 5.01 Å². The molecule has 0 radical (unpaired) electrons. The normalized spacial score (nSPS) is 17.1. The van der Waals surface area contributed by atoms with Crippen molar-refractivity contribution in [1.82, 2.24) is 21.0 Å². The minimum Gasteiger partial charge on any atom is -0.469 e. The molecule has 0 aromatic carbocycles. The molecule has 2 N–H and O–H groups in total. The summed E-state index contributed by atoms with van der Waals surface area (Å²) in [6.07, 6.45) is 6.86. The molecule has 3 heterocycles. The van der Waals surface area contributed by atoms with Gasteiger partial charge in [0.05, 0.1) is 5.70 Å². The van der Waals surface area contributed by atoms with Crippen molar-refractivity contribution in [2.45, 2.75) is 19.8 Å². The van der Waals surface area contributed by atoms with E-state index >= 15 is 0 Å². The summed E-state index contributed by atoms with van der Waals surface area (Å²) in [7, 11) is 0. The Kier molecular flexibility index (Phi) is 3.77. The molecule has 0 spiro atoms. The van der Waals surface area contributed by atoms with Gasteiger partial charge in [-0.2, -0.15) is 0 Å². The Balaban J connectivity index is 1.83.